The Morgan fingerprint density at radius 1 is 1.20 bits per heavy atom. The molecule has 0 aromatic rings. The molecule has 1 saturated carbocycles. The average molecular weight is 209 g/mol. The minimum Gasteiger partial charge on any atom is -0.388 e. The van der Waals surface area contributed by atoms with Gasteiger partial charge >= 0.3 is 0 Å². The van der Waals surface area contributed by atoms with E-state index in [1.807, 2.05) is 0 Å². The molecule has 0 spiro atoms. The van der Waals surface area contributed by atoms with E-state index in [9.17, 15) is 0 Å². The molecule has 1 aliphatic carbocycles. The lowest BCUT2D eigenvalue weighted by Gasteiger charge is -2.29. The molecule has 1 unspecified atom stereocenters. The maximum Gasteiger partial charge on any atom is 0.0918 e. The lowest BCUT2D eigenvalue weighted by molar-refractivity contribution is 0.195. The number of likely N-dealkylation sites (tertiary alicyclic amines) is 1. The van der Waals surface area contributed by atoms with E-state index in [-0.39, 0.29) is 0 Å². The fraction of sp³-hybridized carbons (Fsp3) is 0.917. The topological polar surface area (TPSA) is 53.1 Å². The van der Waals surface area contributed by atoms with Gasteiger partial charge in [-0.3, -0.25) is 10.3 Å². The first-order chi connectivity index (χ1) is 7.27. The molecule has 3 nitrogen and oxygen atoms in total. The Balaban J connectivity index is 1.84. The number of nitrogens with two attached hydrogens (primary N) is 1. The summed E-state index contributed by atoms with van der Waals surface area (Å²) in [5.74, 6) is 1.28. The van der Waals surface area contributed by atoms with Gasteiger partial charge < -0.3 is 5.73 Å². The molecule has 1 aliphatic heterocycles. The first-order valence-corrected chi connectivity index (χ1v) is 6.34. The average Bonchev–Trinajstić information content (AvgIpc) is 2.85. The zero-order valence-electron chi connectivity index (χ0n) is 9.54. The van der Waals surface area contributed by atoms with Crippen molar-refractivity contribution < 1.29 is 0 Å². The zero-order valence-corrected chi connectivity index (χ0v) is 9.54. The molecule has 1 saturated heterocycles. The molecule has 2 aliphatic rings. The fourth-order valence-corrected chi connectivity index (χ4v) is 3.27. The Morgan fingerprint density at radius 3 is 2.60 bits per heavy atom. The van der Waals surface area contributed by atoms with Crippen molar-refractivity contribution in [3.63, 3.8) is 0 Å². The number of hydrogen-bond donors (Lipinski definition) is 2. The minimum atomic E-state index is 0.340. The molecule has 3 N–H and O–H groups in total. The first kappa shape index (κ1) is 10.9. The molecule has 1 atom stereocenters. The van der Waals surface area contributed by atoms with Crippen LogP contribution in [0.1, 0.15) is 44.9 Å². The van der Waals surface area contributed by atoms with Gasteiger partial charge in [0.25, 0.3) is 0 Å². The Kier molecular flexibility index (Phi) is 3.62. The van der Waals surface area contributed by atoms with Gasteiger partial charge in [-0.15, -0.1) is 0 Å². The van der Waals surface area contributed by atoms with Gasteiger partial charge in [0.1, 0.15) is 0 Å². The highest BCUT2D eigenvalue weighted by molar-refractivity contribution is 5.76. The molecule has 2 fully saturated rings. The second-order valence-corrected chi connectivity index (χ2v) is 5.07. The van der Waals surface area contributed by atoms with Crippen LogP contribution in [0.25, 0.3) is 0 Å². The molecule has 0 aromatic carbocycles. The third-order valence-corrected chi connectivity index (χ3v) is 4.03. The molecule has 86 valence electrons. The van der Waals surface area contributed by atoms with Gasteiger partial charge in [-0.1, -0.05) is 12.8 Å². The van der Waals surface area contributed by atoms with Crippen LogP contribution in [0.15, 0.2) is 0 Å². The Hall–Kier alpha value is -0.570. The summed E-state index contributed by atoms with van der Waals surface area (Å²) in [6.45, 7) is 2.24. The Labute approximate surface area is 92.5 Å². The van der Waals surface area contributed by atoms with Crippen molar-refractivity contribution in [3.05, 3.63) is 0 Å². The van der Waals surface area contributed by atoms with E-state index in [1.165, 1.54) is 45.1 Å². The molecule has 0 aromatic heterocycles. The minimum absolute atomic E-state index is 0.340. The lowest BCUT2D eigenvalue weighted by atomic mass is 9.96. The molecule has 1 heterocycles. The largest absolute Gasteiger partial charge is 0.388 e. The maximum absolute atomic E-state index is 7.28. The van der Waals surface area contributed by atoms with E-state index in [0.717, 1.165) is 24.9 Å². The standard InChI is InChI=1S/C12H23N3/c13-12(14)7-9-15-8-3-6-11(15)10-4-1-2-5-10/h10-11H,1-9H2,(H3,13,14). The van der Waals surface area contributed by atoms with Gasteiger partial charge in [0.2, 0.25) is 0 Å². The van der Waals surface area contributed by atoms with Crippen molar-refractivity contribution in [1.82, 2.24) is 4.90 Å². The lowest BCUT2D eigenvalue weighted by Crippen LogP contribution is -2.36. The van der Waals surface area contributed by atoms with E-state index in [4.69, 9.17) is 11.1 Å². The summed E-state index contributed by atoms with van der Waals surface area (Å²) >= 11 is 0. The summed E-state index contributed by atoms with van der Waals surface area (Å²) in [6.07, 6.45) is 9.21. The summed E-state index contributed by atoms with van der Waals surface area (Å²) in [6, 6.07) is 0.812. The predicted octanol–water partition coefficient (Wildman–Crippen LogP) is 1.97. The van der Waals surface area contributed by atoms with E-state index >= 15 is 0 Å². The molecule has 0 amide bonds. The van der Waals surface area contributed by atoms with Gasteiger partial charge in [0, 0.05) is 19.0 Å². The highest BCUT2D eigenvalue weighted by atomic mass is 15.2. The van der Waals surface area contributed by atoms with Crippen LogP contribution in [0, 0.1) is 11.3 Å². The maximum atomic E-state index is 7.28. The zero-order chi connectivity index (χ0) is 10.7. The summed E-state index contributed by atoms with van der Waals surface area (Å²) in [7, 11) is 0. The van der Waals surface area contributed by atoms with Crippen molar-refractivity contribution in [2.75, 3.05) is 13.1 Å². The number of amidine groups is 1. The van der Waals surface area contributed by atoms with Gasteiger partial charge in [-0.2, -0.15) is 0 Å². The third-order valence-electron chi connectivity index (χ3n) is 4.03. The molecule has 15 heavy (non-hydrogen) atoms. The molecule has 2 rings (SSSR count). The van der Waals surface area contributed by atoms with Crippen molar-refractivity contribution in [2.24, 2.45) is 11.7 Å². The third kappa shape index (κ3) is 2.71. The monoisotopic (exact) mass is 209 g/mol. The van der Waals surface area contributed by atoms with Crippen LogP contribution in [-0.4, -0.2) is 29.9 Å². The highest BCUT2D eigenvalue weighted by Gasteiger charge is 2.32. The molecule has 3 heteroatoms. The van der Waals surface area contributed by atoms with Crippen molar-refractivity contribution in [1.29, 1.82) is 5.41 Å². The van der Waals surface area contributed by atoms with Crippen LogP contribution in [0.5, 0.6) is 0 Å². The number of hydrogen-bond acceptors (Lipinski definition) is 2. The molecular formula is C12H23N3. The van der Waals surface area contributed by atoms with Crippen molar-refractivity contribution >= 4 is 5.84 Å². The van der Waals surface area contributed by atoms with Crippen molar-refractivity contribution in [3.8, 4) is 0 Å². The SMILES string of the molecule is N=C(N)CCN1CCCC1C1CCCC1. The predicted molar refractivity (Wildman–Crippen MR) is 63.1 cm³/mol. The smallest absolute Gasteiger partial charge is 0.0918 e. The molecule has 0 bridgehead atoms. The van der Waals surface area contributed by atoms with Crippen molar-refractivity contribution in [2.45, 2.75) is 51.0 Å². The van der Waals surface area contributed by atoms with Crippen LogP contribution >= 0.6 is 0 Å². The number of nitrogens with one attached hydrogen (secondary N) is 1. The van der Waals surface area contributed by atoms with Crippen LogP contribution in [0.4, 0.5) is 0 Å². The Morgan fingerprint density at radius 2 is 1.93 bits per heavy atom. The van der Waals surface area contributed by atoms with E-state index in [2.05, 4.69) is 4.90 Å². The van der Waals surface area contributed by atoms with Crippen LogP contribution in [0.3, 0.4) is 0 Å². The quantitative estimate of drug-likeness (QED) is 0.549. The van der Waals surface area contributed by atoms with Gasteiger partial charge in [-0.05, 0) is 38.1 Å². The van der Waals surface area contributed by atoms with Gasteiger partial charge in [0.15, 0.2) is 0 Å². The Bertz CT molecular complexity index is 221. The van der Waals surface area contributed by atoms with E-state index in [1.54, 1.807) is 0 Å². The second kappa shape index (κ2) is 4.97. The van der Waals surface area contributed by atoms with E-state index < -0.39 is 0 Å². The van der Waals surface area contributed by atoms with E-state index in [0.29, 0.717) is 5.84 Å². The number of rotatable bonds is 4. The molecular weight excluding hydrogens is 186 g/mol. The van der Waals surface area contributed by atoms with Gasteiger partial charge in [-0.25, -0.2) is 0 Å². The summed E-state index contributed by atoms with van der Waals surface area (Å²) in [5, 5.41) is 7.28. The summed E-state index contributed by atoms with van der Waals surface area (Å²) in [5.41, 5.74) is 5.43. The normalized spacial score (nSPS) is 28.7. The van der Waals surface area contributed by atoms with Crippen LogP contribution in [0.2, 0.25) is 0 Å². The van der Waals surface area contributed by atoms with Crippen LogP contribution < -0.4 is 5.73 Å². The number of nitrogens with zero attached hydrogens (tertiary/aromatic N) is 1. The second-order valence-electron chi connectivity index (χ2n) is 5.07. The summed E-state index contributed by atoms with van der Waals surface area (Å²) in [4.78, 5) is 2.58. The fourth-order valence-electron chi connectivity index (χ4n) is 3.27. The summed E-state index contributed by atoms with van der Waals surface area (Å²) < 4.78 is 0. The highest BCUT2D eigenvalue weighted by Crippen LogP contribution is 2.35. The first-order valence-electron chi connectivity index (χ1n) is 6.34. The van der Waals surface area contributed by atoms with Crippen LogP contribution in [-0.2, 0) is 0 Å². The van der Waals surface area contributed by atoms with Gasteiger partial charge in [0.05, 0.1) is 5.84 Å². The molecule has 0 radical (unpaired) electrons.